The second kappa shape index (κ2) is 11.3. The summed E-state index contributed by atoms with van der Waals surface area (Å²) in [6.45, 7) is 3.59. The second-order valence-corrected chi connectivity index (χ2v) is 11.3. The zero-order chi connectivity index (χ0) is 23.3. The minimum Gasteiger partial charge on any atom is -0.464 e. The number of amides is 1. The number of fused-ring (bicyclic) bond motifs is 1. The predicted molar refractivity (Wildman–Crippen MR) is 136 cm³/mol. The SMILES string of the molecule is O=C(C[C@H]1CC[C@H](O)CC1)N[C@H]1CC[C@H](CCN2CCC(c3coc4ccccc34)CC2)CC1. The fourth-order valence-corrected chi connectivity index (χ4v) is 6.64. The van der Waals surface area contributed by atoms with E-state index < -0.39 is 0 Å². The molecule has 1 amide bonds. The van der Waals surface area contributed by atoms with Crippen LogP contribution in [0.25, 0.3) is 11.0 Å². The maximum absolute atomic E-state index is 12.5. The number of furan rings is 1. The first-order valence-corrected chi connectivity index (χ1v) is 13.8. The highest BCUT2D eigenvalue weighted by molar-refractivity contribution is 5.81. The van der Waals surface area contributed by atoms with Crippen LogP contribution in [-0.4, -0.2) is 47.7 Å². The van der Waals surface area contributed by atoms with E-state index in [1.165, 1.54) is 62.7 Å². The summed E-state index contributed by atoms with van der Waals surface area (Å²) in [5, 5.41) is 14.3. The summed E-state index contributed by atoms with van der Waals surface area (Å²) in [5.74, 6) is 2.13. The Kier molecular flexibility index (Phi) is 7.90. The molecule has 2 saturated carbocycles. The molecule has 2 heterocycles. The largest absolute Gasteiger partial charge is 0.464 e. The van der Waals surface area contributed by atoms with Crippen molar-refractivity contribution in [3.8, 4) is 0 Å². The summed E-state index contributed by atoms with van der Waals surface area (Å²) in [4.78, 5) is 15.1. The average Bonchev–Trinajstić information content (AvgIpc) is 3.30. The topological polar surface area (TPSA) is 65.7 Å². The molecule has 5 rings (SSSR count). The highest BCUT2D eigenvalue weighted by atomic mass is 16.3. The number of rotatable bonds is 7. The molecule has 1 aliphatic heterocycles. The number of benzene rings is 1. The van der Waals surface area contributed by atoms with E-state index in [1.807, 2.05) is 12.3 Å². The molecule has 0 radical (unpaired) electrons. The lowest BCUT2D eigenvalue weighted by Gasteiger charge is -2.34. The Morgan fingerprint density at radius 1 is 0.941 bits per heavy atom. The normalized spacial score (nSPS) is 29.3. The molecule has 186 valence electrons. The zero-order valence-corrected chi connectivity index (χ0v) is 20.6. The number of para-hydroxylation sites is 1. The molecular formula is C29H42N2O3. The highest BCUT2D eigenvalue weighted by Crippen LogP contribution is 2.35. The molecule has 5 nitrogen and oxygen atoms in total. The Labute approximate surface area is 204 Å². The Balaban J connectivity index is 0.977. The van der Waals surface area contributed by atoms with Gasteiger partial charge in [-0.1, -0.05) is 18.2 Å². The molecular weight excluding hydrogens is 424 g/mol. The molecule has 0 bridgehead atoms. The average molecular weight is 467 g/mol. The number of carbonyl (C=O) groups is 1. The fraction of sp³-hybridized carbons (Fsp3) is 0.690. The number of nitrogens with one attached hydrogen (secondary N) is 1. The van der Waals surface area contributed by atoms with Gasteiger partial charge in [0.1, 0.15) is 5.58 Å². The van der Waals surface area contributed by atoms with Crippen molar-refractivity contribution in [3.05, 3.63) is 36.1 Å². The van der Waals surface area contributed by atoms with E-state index >= 15 is 0 Å². The van der Waals surface area contributed by atoms with Crippen LogP contribution in [0, 0.1) is 11.8 Å². The van der Waals surface area contributed by atoms with Crippen LogP contribution in [0.15, 0.2) is 34.9 Å². The molecule has 3 aliphatic rings. The van der Waals surface area contributed by atoms with Crippen LogP contribution in [0.5, 0.6) is 0 Å². The maximum atomic E-state index is 12.5. The number of hydrogen-bond donors (Lipinski definition) is 2. The molecule has 2 N–H and O–H groups in total. The third kappa shape index (κ3) is 6.04. The van der Waals surface area contributed by atoms with E-state index in [0.29, 0.717) is 24.3 Å². The van der Waals surface area contributed by atoms with Crippen molar-refractivity contribution in [2.24, 2.45) is 11.8 Å². The predicted octanol–water partition coefficient (Wildman–Crippen LogP) is 5.62. The first-order chi connectivity index (χ1) is 16.6. The number of aliphatic hydroxyl groups is 1. The lowest BCUT2D eigenvalue weighted by atomic mass is 9.83. The van der Waals surface area contributed by atoms with Gasteiger partial charge >= 0.3 is 0 Å². The lowest BCUT2D eigenvalue weighted by Crippen LogP contribution is -2.39. The quantitative estimate of drug-likeness (QED) is 0.556. The molecule has 1 aromatic heterocycles. The number of hydrogen-bond acceptors (Lipinski definition) is 4. The van der Waals surface area contributed by atoms with E-state index in [9.17, 15) is 9.90 Å². The molecule has 0 unspecified atom stereocenters. The van der Waals surface area contributed by atoms with Crippen LogP contribution in [0.4, 0.5) is 0 Å². The first kappa shape index (κ1) is 23.9. The fourth-order valence-electron chi connectivity index (χ4n) is 6.64. The van der Waals surface area contributed by atoms with Crippen molar-refractivity contribution in [2.75, 3.05) is 19.6 Å². The summed E-state index contributed by atoms with van der Waals surface area (Å²) in [5.41, 5.74) is 2.41. The van der Waals surface area contributed by atoms with Gasteiger partial charge < -0.3 is 19.7 Å². The van der Waals surface area contributed by atoms with Crippen molar-refractivity contribution in [3.63, 3.8) is 0 Å². The van der Waals surface area contributed by atoms with Gasteiger partial charge in [-0.25, -0.2) is 0 Å². The van der Waals surface area contributed by atoms with Gasteiger partial charge in [0.2, 0.25) is 5.91 Å². The summed E-state index contributed by atoms with van der Waals surface area (Å²) >= 11 is 0. The van der Waals surface area contributed by atoms with Crippen LogP contribution in [0.2, 0.25) is 0 Å². The van der Waals surface area contributed by atoms with Crippen molar-refractivity contribution in [2.45, 2.75) is 95.1 Å². The first-order valence-electron chi connectivity index (χ1n) is 13.8. The van der Waals surface area contributed by atoms with Crippen molar-refractivity contribution in [1.82, 2.24) is 10.2 Å². The van der Waals surface area contributed by atoms with Crippen LogP contribution in [0.1, 0.15) is 88.5 Å². The Hall–Kier alpha value is -1.85. The van der Waals surface area contributed by atoms with Gasteiger partial charge in [0.15, 0.2) is 0 Å². The Morgan fingerprint density at radius 3 is 2.41 bits per heavy atom. The third-order valence-corrected chi connectivity index (χ3v) is 8.89. The second-order valence-electron chi connectivity index (χ2n) is 11.3. The minimum absolute atomic E-state index is 0.141. The van der Waals surface area contributed by atoms with E-state index in [2.05, 4.69) is 28.4 Å². The van der Waals surface area contributed by atoms with Crippen molar-refractivity contribution >= 4 is 16.9 Å². The van der Waals surface area contributed by atoms with Gasteiger partial charge in [0, 0.05) is 23.4 Å². The number of piperidine rings is 1. The van der Waals surface area contributed by atoms with Gasteiger partial charge in [0.25, 0.3) is 0 Å². The summed E-state index contributed by atoms with van der Waals surface area (Å²) in [6, 6.07) is 8.79. The number of nitrogens with zero attached hydrogens (tertiary/aromatic N) is 1. The number of likely N-dealkylation sites (tertiary alicyclic amines) is 1. The van der Waals surface area contributed by atoms with Crippen molar-refractivity contribution in [1.29, 1.82) is 0 Å². The Morgan fingerprint density at radius 2 is 1.65 bits per heavy atom. The summed E-state index contributed by atoms with van der Waals surface area (Å²) < 4.78 is 5.78. The third-order valence-electron chi connectivity index (χ3n) is 8.89. The van der Waals surface area contributed by atoms with Gasteiger partial charge in [-0.2, -0.15) is 0 Å². The maximum Gasteiger partial charge on any atom is 0.220 e. The van der Waals surface area contributed by atoms with Crippen LogP contribution in [-0.2, 0) is 4.79 Å². The van der Waals surface area contributed by atoms with Gasteiger partial charge in [-0.3, -0.25) is 4.79 Å². The van der Waals surface area contributed by atoms with Crippen LogP contribution < -0.4 is 5.32 Å². The zero-order valence-electron chi connectivity index (χ0n) is 20.6. The molecule has 1 saturated heterocycles. The lowest BCUT2D eigenvalue weighted by molar-refractivity contribution is -0.123. The van der Waals surface area contributed by atoms with Gasteiger partial charge in [-0.15, -0.1) is 0 Å². The van der Waals surface area contributed by atoms with E-state index in [1.54, 1.807) is 0 Å². The van der Waals surface area contributed by atoms with E-state index in [-0.39, 0.29) is 12.0 Å². The van der Waals surface area contributed by atoms with E-state index in [4.69, 9.17) is 4.42 Å². The molecule has 2 aliphatic carbocycles. The Bertz CT molecular complexity index is 916. The molecule has 3 fully saturated rings. The van der Waals surface area contributed by atoms with Crippen LogP contribution >= 0.6 is 0 Å². The van der Waals surface area contributed by atoms with Gasteiger partial charge in [-0.05, 0) is 114 Å². The molecule has 0 atom stereocenters. The molecule has 5 heteroatoms. The smallest absolute Gasteiger partial charge is 0.220 e. The van der Waals surface area contributed by atoms with Gasteiger partial charge in [0.05, 0.1) is 12.4 Å². The van der Waals surface area contributed by atoms with E-state index in [0.717, 1.165) is 50.0 Å². The molecule has 34 heavy (non-hydrogen) atoms. The number of carbonyl (C=O) groups excluding carboxylic acids is 1. The number of aliphatic hydroxyl groups excluding tert-OH is 1. The standard InChI is InChI=1S/C29H42N2O3/c32-25-11-7-22(8-12-25)19-29(33)30-24-9-5-21(6-10-24)13-16-31-17-14-23(15-18-31)27-20-34-28-4-2-1-3-26(27)28/h1-4,20-25,32H,5-19H2,(H,30,33)/t21-,22-,24-,25-. The monoisotopic (exact) mass is 466 g/mol. The molecule has 2 aromatic rings. The van der Waals surface area contributed by atoms with Crippen molar-refractivity contribution < 1.29 is 14.3 Å². The summed E-state index contributed by atoms with van der Waals surface area (Å²) in [7, 11) is 0. The molecule has 1 aromatic carbocycles. The molecule has 0 spiro atoms. The van der Waals surface area contributed by atoms with Crippen LogP contribution in [0.3, 0.4) is 0 Å². The summed E-state index contributed by atoms with van der Waals surface area (Å²) in [6.07, 6.45) is 14.7. The minimum atomic E-state index is -0.141. The highest BCUT2D eigenvalue weighted by Gasteiger charge is 2.27.